The fourth-order valence-corrected chi connectivity index (χ4v) is 1.89. The maximum absolute atomic E-state index is 12.0. The van der Waals surface area contributed by atoms with E-state index in [4.69, 9.17) is 9.47 Å². The van der Waals surface area contributed by atoms with Gasteiger partial charge in [-0.15, -0.1) is 0 Å². The van der Waals surface area contributed by atoms with Crippen LogP contribution >= 0.6 is 0 Å². The highest BCUT2D eigenvalue weighted by Gasteiger charge is 2.15. The van der Waals surface area contributed by atoms with Crippen LogP contribution in [0.5, 0.6) is 11.5 Å². The molecule has 1 unspecified atom stereocenters. The molecule has 20 heavy (non-hydrogen) atoms. The zero-order chi connectivity index (χ0) is 14.5. The van der Waals surface area contributed by atoms with E-state index in [0.717, 1.165) is 5.56 Å². The third-order valence-corrected chi connectivity index (χ3v) is 2.98. The second-order valence-corrected chi connectivity index (χ2v) is 4.25. The molecule has 0 spiro atoms. The van der Waals surface area contributed by atoms with Crippen molar-refractivity contribution in [3.8, 4) is 11.5 Å². The third-order valence-electron chi connectivity index (χ3n) is 2.98. The van der Waals surface area contributed by atoms with Crippen LogP contribution in [0.3, 0.4) is 0 Å². The third kappa shape index (κ3) is 2.90. The SMILES string of the molecule is COc1ccc(OC)c(C(C)NC(=O)n2ccnc2)c1. The van der Waals surface area contributed by atoms with Gasteiger partial charge in [-0.05, 0) is 25.1 Å². The number of amides is 1. The average Bonchev–Trinajstić information content (AvgIpc) is 3.00. The van der Waals surface area contributed by atoms with Crippen LogP contribution in [0.25, 0.3) is 0 Å². The van der Waals surface area contributed by atoms with Crippen LogP contribution in [0.1, 0.15) is 18.5 Å². The molecule has 6 heteroatoms. The Kier molecular flexibility index (Phi) is 4.24. The molecule has 1 heterocycles. The van der Waals surface area contributed by atoms with Crippen LogP contribution in [-0.4, -0.2) is 29.8 Å². The zero-order valence-corrected chi connectivity index (χ0v) is 11.7. The number of aromatic nitrogens is 2. The van der Waals surface area contributed by atoms with Gasteiger partial charge in [0, 0.05) is 18.0 Å². The smallest absolute Gasteiger partial charge is 0.327 e. The Bertz CT molecular complexity index is 581. The first-order chi connectivity index (χ1) is 9.65. The molecule has 2 aromatic rings. The van der Waals surface area contributed by atoms with E-state index < -0.39 is 0 Å². The molecule has 0 aliphatic heterocycles. The van der Waals surface area contributed by atoms with E-state index in [1.54, 1.807) is 26.6 Å². The number of imidazole rings is 1. The molecule has 0 fully saturated rings. The molecule has 1 atom stereocenters. The molecule has 0 bridgehead atoms. The second-order valence-electron chi connectivity index (χ2n) is 4.25. The van der Waals surface area contributed by atoms with Gasteiger partial charge < -0.3 is 14.8 Å². The van der Waals surface area contributed by atoms with Gasteiger partial charge in [-0.1, -0.05) is 0 Å². The number of nitrogens with zero attached hydrogens (tertiary/aromatic N) is 2. The van der Waals surface area contributed by atoms with Gasteiger partial charge in [-0.2, -0.15) is 0 Å². The van der Waals surface area contributed by atoms with Crippen molar-refractivity contribution >= 4 is 6.03 Å². The molecule has 0 saturated carbocycles. The number of nitrogens with one attached hydrogen (secondary N) is 1. The first-order valence-corrected chi connectivity index (χ1v) is 6.16. The van der Waals surface area contributed by atoms with E-state index in [9.17, 15) is 4.79 Å². The molecular weight excluding hydrogens is 258 g/mol. The highest BCUT2D eigenvalue weighted by Crippen LogP contribution is 2.29. The Morgan fingerprint density at radius 2 is 2.15 bits per heavy atom. The van der Waals surface area contributed by atoms with Gasteiger partial charge in [0.2, 0.25) is 0 Å². The van der Waals surface area contributed by atoms with Crippen LogP contribution < -0.4 is 14.8 Å². The minimum atomic E-state index is -0.250. The van der Waals surface area contributed by atoms with E-state index in [1.165, 1.54) is 10.9 Å². The highest BCUT2D eigenvalue weighted by atomic mass is 16.5. The van der Waals surface area contributed by atoms with Crippen LogP contribution in [0, 0.1) is 0 Å². The predicted molar refractivity (Wildman–Crippen MR) is 74.1 cm³/mol. The molecule has 6 nitrogen and oxygen atoms in total. The lowest BCUT2D eigenvalue weighted by atomic mass is 10.1. The fourth-order valence-electron chi connectivity index (χ4n) is 1.89. The van der Waals surface area contributed by atoms with Crippen molar-refractivity contribution in [3.63, 3.8) is 0 Å². The lowest BCUT2D eigenvalue weighted by Gasteiger charge is -2.18. The van der Waals surface area contributed by atoms with Crippen molar-refractivity contribution in [1.29, 1.82) is 0 Å². The average molecular weight is 275 g/mol. The van der Waals surface area contributed by atoms with Crippen molar-refractivity contribution in [2.24, 2.45) is 0 Å². The Balaban J connectivity index is 2.19. The van der Waals surface area contributed by atoms with Crippen molar-refractivity contribution in [2.45, 2.75) is 13.0 Å². The van der Waals surface area contributed by atoms with Gasteiger partial charge in [0.15, 0.2) is 0 Å². The van der Waals surface area contributed by atoms with Gasteiger partial charge in [0.25, 0.3) is 0 Å². The fraction of sp³-hybridized carbons (Fsp3) is 0.286. The van der Waals surface area contributed by atoms with Crippen molar-refractivity contribution < 1.29 is 14.3 Å². The monoisotopic (exact) mass is 275 g/mol. The lowest BCUT2D eigenvalue weighted by molar-refractivity contribution is 0.239. The summed E-state index contributed by atoms with van der Waals surface area (Å²) in [6.45, 7) is 1.88. The van der Waals surface area contributed by atoms with Gasteiger partial charge in [-0.25, -0.2) is 9.78 Å². The number of ether oxygens (including phenoxy) is 2. The number of hydrogen-bond acceptors (Lipinski definition) is 4. The normalized spacial score (nSPS) is 11.8. The van der Waals surface area contributed by atoms with E-state index in [2.05, 4.69) is 10.3 Å². The van der Waals surface area contributed by atoms with E-state index in [-0.39, 0.29) is 12.1 Å². The van der Waals surface area contributed by atoms with Crippen LogP contribution in [0.4, 0.5) is 4.79 Å². The lowest BCUT2D eigenvalue weighted by Crippen LogP contribution is -2.30. The molecule has 2 rings (SSSR count). The molecular formula is C14H17N3O3. The van der Waals surface area contributed by atoms with Crippen LogP contribution in [-0.2, 0) is 0 Å². The van der Waals surface area contributed by atoms with Crippen molar-refractivity contribution in [2.75, 3.05) is 14.2 Å². The summed E-state index contributed by atoms with van der Waals surface area (Å²) >= 11 is 0. The molecule has 106 valence electrons. The first kappa shape index (κ1) is 13.9. The Labute approximate surface area is 117 Å². The minimum absolute atomic E-state index is 0.227. The van der Waals surface area contributed by atoms with Crippen LogP contribution in [0.15, 0.2) is 36.9 Å². The van der Waals surface area contributed by atoms with Crippen molar-refractivity contribution in [3.05, 3.63) is 42.5 Å². The largest absolute Gasteiger partial charge is 0.497 e. The summed E-state index contributed by atoms with van der Waals surface area (Å²) in [6, 6.07) is 4.99. The summed E-state index contributed by atoms with van der Waals surface area (Å²) in [5.74, 6) is 1.41. The molecule has 0 radical (unpaired) electrons. The zero-order valence-electron chi connectivity index (χ0n) is 11.7. The van der Waals surface area contributed by atoms with Gasteiger partial charge in [0.1, 0.15) is 17.8 Å². The van der Waals surface area contributed by atoms with Crippen molar-refractivity contribution in [1.82, 2.24) is 14.9 Å². The van der Waals surface area contributed by atoms with E-state index in [1.807, 2.05) is 25.1 Å². The summed E-state index contributed by atoms with van der Waals surface area (Å²) in [4.78, 5) is 15.8. The molecule has 1 aromatic heterocycles. The number of rotatable bonds is 4. The Hall–Kier alpha value is -2.50. The Morgan fingerprint density at radius 1 is 1.35 bits per heavy atom. The second kappa shape index (κ2) is 6.10. The summed E-state index contributed by atoms with van der Waals surface area (Å²) in [5.41, 5.74) is 0.848. The molecule has 1 aromatic carbocycles. The first-order valence-electron chi connectivity index (χ1n) is 6.16. The number of carbonyl (C=O) groups is 1. The molecule has 0 aliphatic carbocycles. The van der Waals surface area contributed by atoms with Gasteiger partial charge in [-0.3, -0.25) is 4.57 Å². The molecule has 1 amide bonds. The van der Waals surface area contributed by atoms with Crippen LogP contribution in [0.2, 0.25) is 0 Å². The quantitative estimate of drug-likeness (QED) is 0.929. The Morgan fingerprint density at radius 3 is 2.75 bits per heavy atom. The van der Waals surface area contributed by atoms with Gasteiger partial charge in [0.05, 0.1) is 20.3 Å². The highest BCUT2D eigenvalue weighted by molar-refractivity contribution is 5.77. The summed E-state index contributed by atoms with van der Waals surface area (Å²) < 4.78 is 11.9. The number of carbonyl (C=O) groups excluding carboxylic acids is 1. The van der Waals surface area contributed by atoms with E-state index in [0.29, 0.717) is 11.5 Å². The number of methoxy groups -OCH3 is 2. The molecule has 0 saturated heterocycles. The molecule has 0 aliphatic rings. The topological polar surface area (TPSA) is 65.4 Å². The maximum atomic E-state index is 12.0. The number of benzene rings is 1. The van der Waals surface area contributed by atoms with E-state index >= 15 is 0 Å². The standard InChI is InChI=1S/C14H17N3O3/c1-10(16-14(18)17-7-6-15-9-17)12-8-11(19-2)4-5-13(12)20-3/h4-10H,1-3H3,(H,16,18). The summed E-state index contributed by atoms with van der Waals surface area (Å²) in [7, 11) is 3.19. The summed E-state index contributed by atoms with van der Waals surface area (Å²) in [6.07, 6.45) is 4.59. The predicted octanol–water partition coefficient (Wildman–Crippen LogP) is 2.22. The minimum Gasteiger partial charge on any atom is -0.497 e. The summed E-state index contributed by atoms with van der Waals surface area (Å²) in [5, 5.41) is 2.87. The number of hydrogen-bond donors (Lipinski definition) is 1. The molecule has 1 N–H and O–H groups in total. The maximum Gasteiger partial charge on any atom is 0.327 e. The van der Waals surface area contributed by atoms with Gasteiger partial charge >= 0.3 is 6.03 Å².